The normalized spacial score (nSPS) is 8.92. The fourth-order valence-electron chi connectivity index (χ4n) is 0.789. The van der Waals surface area contributed by atoms with Crippen LogP contribution in [0.15, 0.2) is 30.3 Å². The quantitative estimate of drug-likeness (QED) is 0.726. The number of rotatable bonds is 3. The van der Waals surface area contributed by atoms with Gasteiger partial charge < -0.3 is 5.11 Å². The van der Waals surface area contributed by atoms with E-state index in [-0.39, 0.29) is 6.61 Å². The second-order valence-electron chi connectivity index (χ2n) is 2.79. The van der Waals surface area contributed by atoms with Gasteiger partial charge in [0.2, 0.25) is 0 Å². The van der Waals surface area contributed by atoms with Gasteiger partial charge in [-0.2, -0.15) is 0 Å². The summed E-state index contributed by atoms with van der Waals surface area (Å²) in [5.41, 5.74) is 1.47. The first kappa shape index (κ1) is 12.8. The van der Waals surface area contributed by atoms with Crippen LogP contribution in [0.1, 0.15) is 25.3 Å². The SMILES string of the molecule is CCCC[O-].[Zn+][CH2]c1ccccc1. The van der Waals surface area contributed by atoms with E-state index in [1.807, 2.05) is 6.92 Å². The summed E-state index contributed by atoms with van der Waals surface area (Å²) in [5.74, 6) is 0. The van der Waals surface area contributed by atoms with Gasteiger partial charge in [0, 0.05) is 0 Å². The molecule has 0 aliphatic heterocycles. The Labute approximate surface area is 90.9 Å². The van der Waals surface area contributed by atoms with Crippen molar-refractivity contribution in [1.82, 2.24) is 0 Å². The summed E-state index contributed by atoms with van der Waals surface area (Å²) in [4.78, 5) is 0. The van der Waals surface area contributed by atoms with Crippen LogP contribution >= 0.6 is 0 Å². The molecule has 0 heterocycles. The molecule has 0 N–H and O–H groups in total. The van der Waals surface area contributed by atoms with E-state index in [1.165, 1.54) is 28.9 Å². The second kappa shape index (κ2) is 9.89. The molecular formula is C11H16OZn. The molecule has 1 nitrogen and oxygen atoms in total. The van der Waals surface area contributed by atoms with Crippen LogP contribution in [-0.4, -0.2) is 6.61 Å². The number of hydrogen-bond acceptors (Lipinski definition) is 1. The molecule has 0 bridgehead atoms. The Bertz CT molecular complexity index is 185. The van der Waals surface area contributed by atoms with E-state index in [0.29, 0.717) is 0 Å². The van der Waals surface area contributed by atoms with Crippen LogP contribution in [0, 0.1) is 0 Å². The van der Waals surface area contributed by atoms with Crippen LogP contribution in [0.5, 0.6) is 0 Å². The molecule has 0 aromatic heterocycles. The van der Waals surface area contributed by atoms with Crippen LogP contribution in [0.2, 0.25) is 0 Å². The monoisotopic (exact) mass is 228 g/mol. The fraction of sp³-hybridized carbons (Fsp3) is 0.455. The maximum absolute atomic E-state index is 9.53. The van der Waals surface area contributed by atoms with Gasteiger partial charge in [-0.3, -0.25) is 0 Å². The van der Waals surface area contributed by atoms with Gasteiger partial charge in [-0.05, 0) is 0 Å². The van der Waals surface area contributed by atoms with E-state index < -0.39 is 0 Å². The number of hydrogen-bond donors (Lipinski definition) is 0. The average molecular weight is 230 g/mol. The Kier molecular flexibility index (Phi) is 9.74. The molecule has 0 saturated heterocycles. The molecule has 1 aromatic rings. The third-order valence-corrected chi connectivity index (χ3v) is 2.84. The van der Waals surface area contributed by atoms with Gasteiger partial charge in [0.25, 0.3) is 0 Å². The molecule has 0 radical (unpaired) electrons. The van der Waals surface area contributed by atoms with Crippen molar-refractivity contribution in [2.75, 3.05) is 6.61 Å². The van der Waals surface area contributed by atoms with Crippen LogP contribution in [0.25, 0.3) is 0 Å². The molecule has 0 aliphatic carbocycles. The summed E-state index contributed by atoms with van der Waals surface area (Å²) in [6.07, 6.45) is 1.86. The van der Waals surface area contributed by atoms with Crippen LogP contribution in [0.3, 0.4) is 0 Å². The minimum absolute atomic E-state index is 0.0938. The molecule has 13 heavy (non-hydrogen) atoms. The molecule has 0 saturated carbocycles. The Morgan fingerprint density at radius 3 is 2.08 bits per heavy atom. The van der Waals surface area contributed by atoms with E-state index in [9.17, 15) is 5.11 Å². The summed E-state index contributed by atoms with van der Waals surface area (Å²) in [7, 11) is 0. The van der Waals surface area contributed by atoms with Gasteiger partial charge in [0.1, 0.15) is 0 Å². The predicted molar refractivity (Wildman–Crippen MR) is 49.9 cm³/mol. The van der Waals surface area contributed by atoms with Gasteiger partial charge in [-0.15, -0.1) is 6.61 Å². The number of benzene rings is 1. The molecule has 0 spiro atoms. The van der Waals surface area contributed by atoms with Crippen molar-refractivity contribution in [2.45, 2.75) is 24.8 Å². The third kappa shape index (κ3) is 8.14. The average Bonchev–Trinajstić information content (AvgIpc) is 2.21. The first-order valence-corrected chi connectivity index (χ1v) is 6.86. The third-order valence-electron chi connectivity index (χ3n) is 1.63. The first-order chi connectivity index (χ1) is 6.35. The molecule has 0 amide bonds. The molecule has 0 atom stereocenters. The van der Waals surface area contributed by atoms with Gasteiger partial charge in [-0.25, -0.2) is 0 Å². The van der Waals surface area contributed by atoms with E-state index >= 15 is 0 Å². The second-order valence-corrected chi connectivity index (χ2v) is 3.84. The summed E-state index contributed by atoms with van der Waals surface area (Å²) < 4.78 is 0. The van der Waals surface area contributed by atoms with Crippen molar-refractivity contribution in [2.24, 2.45) is 0 Å². The van der Waals surface area contributed by atoms with Gasteiger partial charge in [-0.1, -0.05) is 19.8 Å². The first-order valence-electron chi connectivity index (χ1n) is 4.76. The van der Waals surface area contributed by atoms with Gasteiger partial charge in [0.05, 0.1) is 0 Å². The van der Waals surface area contributed by atoms with E-state index in [0.717, 1.165) is 12.8 Å². The predicted octanol–water partition coefficient (Wildman–Crippen LogP) is 1.88. The van der Waals surface area contributed by atoms with Gasteiger partial charge in [0.15, 0.2) is 0 Å². The molecule has 0 unspecified atom stereocenters. The molecular weight excluding hydrogens is 214 g/mol. The number of unbranched alkanes of at least 4 members (excludes halogenated alkanes) is 1. The molecule has 68 valence electrons. The summed E-state index contributed by atoms with van der Waals surface area (Å²) >= 11 is 1.37. The summed E-state index contributed by atoms with van der Waals surface area (Å²) in [6.45, 7) is 2.11. The Balaban J connectivity index is 0.000000252. The fourth-order valence-corrected chi connectivity index (χ4v) is 1.49. The van der Waals surface area contributed by atoms with Crippen LogP contribution < -0.4 is 5.11 Å². The zero-order valence-corrected chi connectivity index (χ0v) is 11.3. The molecule has 0 fully saturated rings. The standard InChI is InChI=1S/C7H7.C4H9O.Zn/c1-7-5-3-2-4-6-7;1-2-3-4-5;/h2-6H,1H2;2-4H2,1H3;/q;-1;+1. The van der Waals surface area contributed by atoms with Crippen LogP contribution in [-0.2, 0) is 23.3 Å². The zero-order chi connectivity index (χ0) is 9.94. The molecule has 2 heteroatoms. The minimum atomic E-state index is 0.0938. The van der Waals surface area contributed by atoms with Crippen LogP contribution in [0.4, 0.5) is 0 Å². The summed E-state index contributed by atoms with van der Waals surface area (Å²) in [6, 6.07) is 10.6. The van der Waals surface area contributed by atoms with Crippen molar-refractivity contribution in [3.8, 4) is 0 Å². The maximum atomic E-state index is 9.53. The molecule has 0 aliphatic rings. The van der Waals surface area contributed by atoms with Crippen molar-refractivity contribution >= 4 is 0 Å². The molecule has 1 aromatic carbocycles. The summed E-state index contributed by atoms with van der Waals surface area (Å²) in [5, 5.41) is 10.8. The van der Waals surface area contributed by atoms with Gasteiger partial charge >= 0.3 is 59.2 Å². The Hall–Kier alpha value is -0.197. The topological polar surface area (TPSA) is 23.1 Å². The zero-order valence-electron chi connectivity index (χ0n) is 8.33. The van der Waals surface area contributed by atoms with E-state index in [2.05, 4.69) is 30.3 Å². The van der Waals surface area contributed by atoms with Crippen molar-refractivity contribution in [3.05, 3.63) is 35.9 Å². The van der Waals surface area contributed by atoms with Crippen molar-refractivity contribution in [3.63, 3.8) is 0 Å². The molecule has 1 rings (SSSR count). The van der Waals surface area contributed by atoms with E-state index in [1.54, 1.807) is 0 Å². The van der Waals surface area contributed by atoms with Crippen molar-refractivity contribution < 1.29 is 23.4 Å². The Morgan fingerprint density at radius 2 is 1.85 bits per heavy atom. The van der Waals surface area contributed by atoms with E-state index in [4.69, 9.17) is 0 Å². The van der Waals surface area contributed by atoms with Crippen molar-refractivity contribution in [1.29, 1.82) is 0 Å². The Morgan fingerprint density at radius 1 is 1.23 bits per heavy atom.